The van der Waals surface area contributed by atoms with Crippen LogP contribution in [0.4, 0.5) is 19.5 Å². The highest BCUT2D eigenvalue weighted by Crippen LogP contribution is 2.33. The zero-order valence-corrected chi connectivity index (χ0v) is 45.1. The van der Waals surface area contributed by atoms with Gasteiger partial charge in [-0.15, -0.1) is 20.6 Å². The van der Waals surface area contributed by atoms with Gasteiger partial charge in [0.15, 0.2) is 10.8 Å². The molecule has 0 saturated carbocycles. The first-order chi connectivity index (χ1) is 33.4. The van der Waals surface area contributed by atoms with Gasteiger partial charge in [-0.2, -0.15) is 18.4 Å². The Morgan fingerprint density at radius 2 is 1.51 bits per heavy atom. The number of benzene rings is 1. The summed E-state index contributed by atoms with van der Waals surface area (Å²) in [4.78, 5) is 102. The molecular formula is C45H65N9O17S2. The number of hydrogen-bond acceptors (Lipinski definition) is 19. The Kier molecular flexibility index (Phi) is 18.6. The van der Waals surface area contributed by atoms with E-state index in [-0.39, 0.29) is 28.7 Å². The van der Waals surface area contributed by atoms with Gasteiger partial charge in [-0.3, -0.25) is 24.3 Å². The molecule has 1 fully saturated rings. The molecule has 5 amide bonds. The van der Waals surface area contributed by atoms with Crippen molar-refractivity contribution >= 4 is 68.6 Å². The van der Waals surface area contributed by atoms with Gasteiger partial charge < -0.3 is 43.6 Å². The molecule has 0 spiro atoms. The number of anilines is 1. The first-order valence-electron chi connectivity index (χ1n) is 22.6. The number of nitrogens with zero attached hydrogens (tertiary/aromatic N) is 6. The number of imidazole rings is 1. The maximum atomic E-state index is 14.0. The number of amides is 5. The van der Waals surface area contributed by atoms with Gasteiger partial charge in [-0.1, -0.05) is 5.16 Å². The van der Waals surface area contributed by atoms with E-state index >= 15 is 0 Å². The summed E-state index contributed by atoms with van der Waals surface area (Å²) >= 11 is 0.824. The maximum Gasteiger partial charge on any atom is 0.444 e. The van der Waals surface area contributed by atoms with Crippen LogP contribution in [0.1, 0.15) is 109 Å². The van der Waals surface area contributed by atoms with Crippen LogP contribution in [0.25, 0.3) is 11.3 Å². The van der Waals surface area contributed by atoms with Crippen molar-refractivity contribution in [2.24, 2.45) is 17.2 Å². The third-order valence-electron chi connectivity index (χ3n) is 9.18. The molecule has 1 aliphatic heterocycles. The zero-order valence-electron chi connectivity index (χ0n) is 43.4. The average molecular weight is 1070 g/mol. The smallest absolute Gasteiger partial charge is 0.444 e. The summed E-state index contributed by atoms with van der Waals surface area (Å²) < 4.78 is 62.2. The minimum atomic E-state index is -5.12. The van der Waals surface area contributed by atoms with Gasteiger partial charge in [-0.25, -0.2) is 24.2 Å². The number of carbonyl (C=O) groups is 6. The predicted octanol–water partition coefficient (Wildman–Crippen LogP) is 5.33. The van der Waals surface area contributed by atoms with Crippen molar-refractivity contribution in [2.45, 2.75) is 150 Å². The summed E-state index contributed by atoms with van der Waals surface area (Å²) in [6.07, 6.45) is -1.85. The third-order valence-corrected chi connectivity index (χ3v) is 10.3. The van der Waals surface area contributed by atoms with Crippen LogP contribution in [-0.4, -0.2) is 127 Å². The van der Waals surface area contributed by atoms with Crippen LogP contribution in [-0.2, 0) is 71.5 Å². The Bertz CT molecular complexity index is 2720. The quantitative estimate of drug-likeness (QED) is 0.0183. The number of aromatic nitrogens is 3. The fourth-order valence-electron chi connectivity index (χ4n) is 6.14. The van der Waals surface area contributed by atoms with E-state index in [9.17, 15) is 41.7 Å². The highest BCUT2D eigenvalue weighted by atomic mass is 32.3. The zero-order chi connectivity index (χ0) is 55.1. The SMILES string of the molecule is Cn1c(-c2ccc(OC[C@H](O/N=C(\C(=O)N[C@@H]3C(=O)N(OS(=O)(=O)O)C3(C)C)c3csc(NC(=O)OOC(C)(C)C)n3)C(=O)OC(C)(C)C)cc2)cn(CCCNC(=O)OC(C)(C)C)/c1=N\C(=O)OC(C)(C)C. The molecule has 0 radical (unpaired) electrons. The summed E-state index contributed by atoms with van der Waals surface area (Å²) in [5, 5.41) is 13.0. The molecular weight excluding hydrogens is 1000 g/mol. The van der Waals surface area contributed by atoms with Crippen molar-refractivity contribution in [1.29, 1.82) is 0 Å². The largest absolute Gasteiger partial charge is 0.489 e. The van der Waals surface area contributed by atoms with E-state index in [0.29, 0.717) is 29.3 Å². The van der Waals surface area contributed by atoms with Gasteiger partial charge in [0.2, 0.25) is 5.62 Å². The molecule has 73 heavy (non-hydrogen) atoms. The lowest BCUT2D eigenvalue weighted by Crippen LogP contribution is -2.76. The van der Waals surface area contributed by atoms with Gasteiger partial charge in [-0.05, 0) is 133 Å². The number of ether oxygens (including phenoxy) is 4. The normalized spacial score (nSPS) is 15.9. The van der Waals surface area contributed by atoms with Crippen LogP contribution >= 0.6 is 11.3 Å². The lowest BCUT2D eigenvalue weighted by molar-refractivity contribution is -0.297. The Hall–Kier alpha value is -6.62. The Balaban J connectivity index is 1.63. The van der Waals surface area contributed by atoms with Gasteiger partial charge in [0.1, 0.15) is 46.5 Å². The first-order valence-corrected chi connectivity index (χ1v) is 24.8. The van der Waals surface area contributed by atoms with Crippen molar-refractivity contribution < 1.29 is 79.6 Å². The van der Waals surface area contributed by atoms with E-state index in [0.717, 1.165) is 11.3 Å². The van der Waals surface area contributed by atoms with Crippen LogP contribution in [0.15, 0.2) is 46.0 Å². The van der Waals surface area contributed by atoms with Crippen molar-refractivity contribution in [2.75, 3.05) is 18.5 Å². The summed E-state index contributed by atoms with van der Waals surface area (Å²) in [5.74, 6) is -2.89. The van der Waals surface area contributed by atoms with Crippen LogP contribution in [0.5, 0.6) is 5.75 Å². The second-order valence-electron chi connectivity index (χ2n) is 20.8. The van der Waals surface area contributed by atoms with Crippen LogP contribution in [0, 0.1) is 0 Å². The summed E-state index contributed by atoms with van der Waals surface area (Å²) in [6.45, 7) is 22.9. The molecule has 0 unspecified atom stereocenters. The lowest BCUT2D eigenvalue weighted by atomic mass is 9.84. The molecule has 0 bridgehead atoms. The molecule has 1 aliphatic rings. The molecule has 1 saturated heterocycles. The van der Waals surface area contributed by atoms with E-state index < -0.39 is 98.9 Å². The number of hydroxylamine groups is 2. The minimum absolute atomic E-state index is 0.104. The number of carbonyl (C=O) groups excluding carboxylic acids is 6. The highest BCUT2D eigenvalue weighted by molar-refractivity contribution is 7.80. The highest BCUT2D eigenvalue weighted by Gasteiger charge is 2.58. The number of thiazole rings is 1. The van der Waals surface area contributed by atoms with Crippen LogP contribution in [0.2, 0.25) is 0 Å². The molecule has 2 atom stereocenters. The van der Waals surface area contributed by atoms with Crippen LogP contribution in [0.3, 0.4) is 0 Å². The summed E-state index contributed by atoms with van der Waals surface area (Å²) in [7, 11) is -3.40. The summed E-state index contributed by atoms with van der Waals surface area (Å²) in [6, 6.07) is 5.18. The Morgan fingerprint density at radius 3 is 2.07 bits per heavy atom. The molecule has 4 N–H and O–H groups in total. The molecule has 28 heteroatoms. The molecule has 404 valence electrons. The summed E-state index contributed by atoms with van der Waals surface area (Å²) in [5.41, 5.74) is -4.20. The molecule has 4 rings (SSSR count). The Labute approximate surface area is 426 Å². The molecule has 3 aromatic rings. The molecule has 0 aliphatic carbocycles. The van der Waals surface area contributed by atoms with Gasteiger partial charge in [0.05, 0.1) is 11.2 Å². The first kappa shape index (κ1) is 58.9. The van der Waals surface area contributed by atoms with Crippen molar-refractivity contribution in [3.05, 3.63) is 47.2 Å². The molecule has 1 aromatic carbocycles. The van der Waals surface area contributed by atoms with E-state index in [1.807, 2.05) is 0 Å². The molecule has 3 heterocycles. The average Bonchev–Trinajstić information content (AvgIpc) is 3.81. The lowest BCUT2D eigenvalue weighted by Gasteiger charge is -2.50. The number of oxime groups is 1. The van der Waals surface area contributed by atoms with Gasteiger partial charge >= 0.3 is 34.6 Å². The Morgan fingerprint density at radius 1 is 0.890 bits per heavy atom. The molecule has 26 nitrogen and oxygen atoms in total. The minimum Gasteiger partial charge on any atom is -0.489 e. The van der Waals surface area contributed by atoms with Crippen molar-refractivity contribution in [1.82, 2.24) is 29.8 Å². The number of hydrogen-bond donors (Lipinski definition) is 4. The standard InChI is InChI=1S/C45H65N9O17S2/c1-41(2,3)65-35(57)30(68-51-31(28-25-72-36(47-28)49-40(60)69-70-44(10,11)12)33(55)48-32-34(56)54(45(32,13)14)71-73(61,62)63)24-64-27-19-17-26(18-20-27)29-23-53(22-16-21-46-38(58)66-42(4,5)6)37(52(29)15)50-39(59)67-43(7,8)9/h17-20,23,25,30,32H,16,21-22,24H2,1-15H3,(H,46,58)(H,48,55)(H,47,49,60)(H,61,62,63)/b50-37-,51-31-/t30-,32+/m0/s1. The second-order valence-corrected chi connectivity index (χ2v) is 22.6. The number of rotatable bonds is 18. The van der Waals surface area contributed by atoms with Gasteiger partial charge in [0, 0.05) is 31.7 Å². The van der Waals surface area contributed by atoms with Crippen LogP contribution < -0.4 is 26.3 Å². The van der Waals surface area contributed by atoms with Crippen molar-refractivity contribution in [3.8, 4) is 17.0 Å². The maximum absolute atomic E-state index is 14.0. The number of nitrogens with one attached hydrogen (secondary N) is 3. The van der Waals surface area contributed by atoms with E-state index in [4.69, 9.17) is 33.6 Å². The third kappa shape index (κ3) is 18.4. The molecule has 2 aromatic heterocycles. The topological polar surface area (TPSA) is 317 Å². The van der Waals surface area contributed by atoms with E-state index in [1.54, 1.807) is 130 Å². The van der Waals surface area contributed by atoms with E-state index in [2.05, 4.69) is 35.4 Å². The fourth-order valence-corrected chi connectivity index (χ4v) is 7.27. The second kappa shape index (κ2) is 23.1. The number of esters is 1. The van der Waals surface area contributed by atoms with Gasteiger partial charge in [0.25, 0.3) is 17.9 Å². The predicted molar refractivity (Wildman–Crippen MR) is 261 cm³/mol. The number of aryl methyl sites for hydroxylation is 1. The van der Waals surface area contributed by atoms with E-state index in [1.165, 1.54) is 19.2 Å². The number of alkyl carbamates (subject to hydrolysis) is 1. The monoisotopic (exact) mass is 1070 g/mol. The van der Waals surface area contributed by atoms with Crippen molar-refractivity contribution in [3.63, 3.8) is 0 Å². The fraction of sp³-hybridized carbons (Fsp3) is 0.578. The number of β-lactam (4-membered cyclic amide) rings is 1.